The number of ether oxygens (including phenoxy) is 4. The Balaban J connectivity index is 5.21. The topological polar surface area (TPSA) is 237 Å². The molecule has 4 unspecified atom stereocenters. The largest absolute Gasteiger partial charge is 0.472 e. The number of hydrogen-bond donors (Lipinski definition) is 3. The summed E-state index contributed by atoms with van der Waals surface area (Å²) in [5.41, 5.74) is 0. The van der Waals surface area contributed by atoms with Gasteiger partial charge in [-0.1, -0.05) is 369 Å². The molecule has 0 aromatic carbocycles. The number of aliphatic hydroxyl groups excluding tert-OH is 1. The summed E-state index contributed by atoms with van der Waals surface area (Å²) in [7, 11) is -9.92. The van der Waals surface area contributed by atoms with Gasteiger partial charge in [-0.25, -0.2) is 9.13 Å². The fraction of sp³-hybridized carbons (Fsp3) is 0.950. The lowest BCUT2D eigenvalue weighted by atomic mass is 9.99. The van der Waals surface area contributed by atoms with Crippen molar-refractivity contribution in [2.24, 2.45) is 11.8 Å². The van der Waals surface area contributed by atoms with Crippen LogP contribution >= 0.6 is 15.6 Å². The molecule has 17 nitrogen and oxygen atoms in total. The highest BCUT2D eigenvalue weighted by molar-refractivity contribution is 7.47. The molecule has 19 heteroatoms. The van der Waals surface area contributed by atoms with Crippen LogP contribution in [0.15, 0.2) is 0 Å². The molecule has 588 valence electrons. The van der Waals surface area contributed by atoms with Gasteiger partial charge >= 0.3 is 39.5 Å². The van der Waals surface area contributed by atoms with E-state index in [-0.39, 0.29) is 25.7 Å². The molecule has 0 saturated carbocycles. The minimum Gasteiger partial charge on any atom is -0.462 e. The highest BCUT2D eigenvalue weighted by Crippen LogP contribution is 2.45. The average Bonchev–Trinajstić information content (AvgIpc) is 1.22. The Bertz CT molecular complexity index is 1910. The number of phosphoric acid groups is 2. The maximum atomic E-state index is 13.1. The Morgan fingerprint density at radius 2 is 0.485 bits per heavy atom. The van der Waals surface area contributed by atoms with Gasteiger partial charge < -0.3 is 33.8 Å². The fourth-order valence-corrected chi connectivity index (χ4v) is 13.9. The van der Waals surface area contributed by atoms with Crippen molar-refractivity contribution in [2.75, 3.05) is 39.6 Å². The molecule has 0 spiro atoms. The number of unbranched alkanes of at least 4 members (excludes halogenated alkanes) is 47. The molecule has 0 saturated heterocycles. The monoisotopic (exact) mass is 1450 g/mol. The summed E-state index contributed by atoms with van der Waals surface area (Å²) in [6.45, 7) is 9.68. The number of rotatable bonds is 79. The van der Waals surface area contributed by atoms with E-state index in [0.29, 0.717) is 25.7 Å². The SMILES string of the molecule is CCCCCCCCCCCCCCCCCC(=O)OC[C@H](COP(=O)(O)OC[C@@H](O)COP(=O)(O)OC[C@@H](COC(=O)CCCCCCCCCCCC)OC(=O)CCCCCCCCCCC(C)CC)OC(=O)CCCCCCCCCCCCCCCCCCCCC(C)CC. The van der Waals surface area contributed by atoms with Crippen molar-refractivity contribution in [2.45, 2.75) is 439 Å². The quantitative estimate of drug-likeness (QED) is 0.0222. The lowest BCUT2D eigenvalue weighted by Gasteiger charge is -2.21. The molecule has 0 bridgehead atoms. The molecule has 0 aromatic heterocycles. The van der Waals surface area contributed by atoms with Crippen molar-refractivity contribution in [3.63, 3.8) is 0 Å². The van der Waals surface area contributed by atoms with E-state index < -0.39 is 97.5 Å². The van der Waals surface area contributed by atoms with Crippen LogP contribution in [0.4, 0.5) is 0 Å². The lowest BCUT2D eigenvalue weighted by molar-refractivity contribution is -0.161. The number of carbonyl (C=O) groups excluding carboxylic acids is 4. The van der Waals surface area contributed by atoms with Crippen molar-refractivity contribution >= 4 is 39.5 Å². The van der Waals surface area contributed by atoms with Crippen LogP contribution in [0.1, 0.15) is 420 Å². The number of esters is 4. The normalized spacial score (nSPS) is 14.5. The Morgan fingerprint density at radius 1 is 0.283 bits per heavy atom. The van der Waals surface area contributed by atoms with E-state index in [4.69, 9.17) is 37.0 Å². The standard InChI is InChI=1S/C80H156O17P2/c1-7-11-13-15-17-19-21-22-27-31-34-38-45-51-57-63-78(83)91-68-75(96-79(84)64-58-52-46-39-35-32-29-26-24-23-25-28-30-33-36-42-48-54-60-72(5)9-3)70-94-98(86,87)92-66-74(81)67-93-99(88,89)95-71-76(69-90-77(82)62-56-50-44-37-20-18-16-14-12-8-2)97-80(85)65-59-53-47-41-40-43-49-55-61-73(6)10-4/h72-76,81H,7-71H2,1-6H3,(H,86,87)(H,88,89)/t72?,73?,74-,75-,76-/m1/s1. The minimum atomic E-state index is -4.96. The molecule has 0 aliphatic rings. The number of aliphatic hydroxyl groups is 1. The van der Waals surface area contributed by atoms with Crippen LogP contribution in [0.5, 0.6) is 0 Å². The molecule has 3 N–H and O–H groups in total. The van der Waals surface area contributed by atoms with E-state index in [2.05, 4.69) is 41.5 Å². The first-order chi connectivity index (χ1) is 47.9. The van der Waals surface area contributed by atoms with Gasteiger partial charge in [0.1, 0.15) is 19.3 Å². The summed E-state index contributed by atoms with van der Waals surface area (Å²) in [6, 6.07) is 0. The second kappa shape index (κ2) is 71.7. The van der Waals surface area contributed by atoms with E-state index in [1.165, 1.54) is 238 Å². The number of carbonyl (C=O) groups is 4. The van der Waals surface area contributed by atoms with Crippen molar-refractivity contribution < 1.29 is 80.2 Å². The van der Waals surface area contributed by atoms with Gasteiger partial charge in [0.25, 0.3) is 0 Å². The molecule has 0 aliphatic carbocycles. The van der Waals surface area contributed by atoms with Gasteiger partial charge in [0.05, 0.1) is 26.4 Å². The zero-order valence-corrected chi connectivity index (χ0v) is 66.6. The molecule has 0 aliphatic heterocycles. The summed E-state index contributed by atoms with van der Waals surface area (Å²) in [4.78, 5) is 72.9. The maximum Gasteiger partial charge on any atom is 0.472 e. The van der Waals surface area contributed by atoms with Crippen molar-refractivity contribution in [3.8, 4) is 0 Å². The Kier molecular flexibility index (Phi) is 70.3. The van der Waals surface area contributed by atoms with Crippen LogP contribution < -0.4 is 0 Å². The zero-order valence-electron chi connectivity index (χ0n) is 64.8. The highest BCUT2D eigenvalue weighted by atomic mass is 31.2. The van der Waals surface area contributed by atoms with E-state index in [0.717, 1.165) is 102 Å². The zero-order chi connectivity index (χ0) is 72.8. The second-order valence-corrected chi connectivity index (χ2v) is 32.2. The number of hydrogen-bond acceptors (Lipinski definition) is 15. The minimum absolute atomic E-state index is 0.105. The Labute approximate surface area is 607 Å². The molecule has 0 rings (SSSR count). The molecule has 0 amide bonds. The maximum absolute atomic E-state index is 13.1. The van der Waals surface area contributed by atoms with Crippen LogP contribution in [0.25, 0.3) is 0 Å². The van der Waals surface area contributed by atoms with Gasteiger partial charge in [-0.15, -0.1) is 0 Å². The average molecular weight is 1450 g/mol. The van der Waals surface area contributed by atoms with Crippen LogP contribution in [0.2, 0.25) is 0 Å². The third-order valence-corrected chi connectivity index (χ3v) is 21.3. The second-order valence-electron chi connectivity index (χ2n) is 29.3. The van der Waals surface area contributed by atoms with Crippen LogP contribution in [-0.2, 0) is 65.4 Å². The Morgan fingerprint density at radius 3 is 0.717 bits per heavy atom. The summed E-state index contributed by atoms with van der Waals surface area (Å²) >= 11 is 0. The summed E-state index contributed by atoms with van der Waals surface area (Å²) in [5, 5.41) is 10.6. The molecule has 0 aromatic rings. The lowest BCUT2D eigenvalue weighted by Crippen LogP contribution is -2.30. The summed E-state index contributed by atoms with van der Waals surface area (Å²) in [6.07, 6.45) is 61.0. The first kappa shape index (κ1) is 97.1. The Hall–Kier alpha value is -1.94. The van der Waals surface area contributed by atoms with Crippen molar-refractivity contribution in [1.29, 1.82) is 0 Å². The van der Waals surface area contributed by atoms with Crippen LogP contribution in [-0.4, -0.2) is 96.7 Å². The summed E-state index contributed by atoms with van der Waals surface area (Å²) < 4.78 is 68.6. The van der Waals surface area contributed by atoms with Gasteiger partial charge in [-0.3, -0.25) is 37.3 Å². The first-order valence-corrected chi connectivity index (χ1v) is 44.6. The molecule has 0 fully saturated rings. The van der Waals surface area contributed by atoms with Crippen LogP contribution in [0.3, 0.4) is 0 Å². The van der Waals surface area contributed by atoms with Gasteiger partial charge in [0, 0.05) is 25.7 Å². The third kappa shape index (κ3) is 71.5. The van der Waals surface area contributed by atoms with Crippen molar-refractivity contribution in [3.05, 3.63) is 0 Å². The van der Waals surface area contributed by atoms with Gasteiger partial charge in [-0.2, -0.15) is 0 Å². The van der Waals surface area contributed by atoms with Gasteiger partial charge in [0.15, 0.2) is 12.2 Å². The van der Waals surface area contributed by atoms with E-state index in [1.807, 2.05) is 0 Å². The predicted molar refractivity (Wildman–Crippen MR) is 405 cm³/mol. The van der Waals surface area contributed by atoms with E-state index in [1.54, 1.807) is 0 Å². The third-order valence-electron chi connectivity index (χ3n) is 19.4. The van der Waals surface area contributed by atoms with Gasteiger partial charge in [-0.05, 0) is 37.5 Å². The molecule has 7 atom stereocenters. The molecular formula is C80H156O17P2. The fourth-order valence-electron chi connectivity index (χ4n) is 12.3. The molecular weight excluding hydrogens is 1290 g/mol. The van der Waals surface area contributed by atoms with Crippen LogP contribution in [0, 0.1) is 11.8 Å². The molecule has 0 radical (unpaired) electrons. The smallest absolute Gasteiger partial charge is 0.462 e. The highest BCUT2D eigenvalue weighted by Gasteiger charge is 2.30. The molecule has 99 heavy (non-hydrogen) atoms. The van der Waals surface area contributed by atoms with E-state index >= 15 is 0 Å². The number of phosphoric ester groups is 2. The summed E-state index contributed by atoms with van der Waals surface area (Å²) in [5.74, 6) is -0.470. The molecule has 0 heterocycles. The first-order valence-electron chi connectivity index (χ1n) is 41.6. The predicted octanol–water partition coefficient (Wildman–Crippen LogP) is 23.9. The van der Waals surface area contributed by atoms with Crippen molar-refractivity contribution in [1.82, 2.24) is 0 Å². The van der Waals surface area contributed by atoms with E-state index in [9.17, 15) is 43.2 Å². The van der Waals surface area contributed by atoms with Gasteiger partial charge in [0.2, 0.25) is 0 Å².